The van der Waals surface area contributed by atoms with Gasteiger partial charge < -0.3 is 4.90 Å². The molecule has 0 aliphatic rings. The van der Waals surface area contributed by atoms with E-state index in [4.69, 9.17) is 23.2 Å². The highest BCUT2D eigenvalue weighted by atomic mass is 35.5. The third-order valence-electron chi connectivity index (χ3n) is 4.76. The van der Waals surface area contributed by atoms with Crippen molar-refractivity contribution in [2.75, 3.05) is 20.6 Å². The Hall–Kier alpha value is -1.45. The molecule has 0 aliphatic heterocycles. The monoisotopic (exact) mass is 429 g/mol. The molecule has 4 heteroatoms. The smallest absolute Gasteiger partial charge is 0.0461 e. The summed E-state index contributed by atoms with van der Waals surface area (Å²) >= 11 is 14.1. The van der Waals surface area contributed by atoms with Crippen LogP contribution in [0.15, 0.2) is 77.7 Å². The molecule has 0 fully saturated rings. The fraction of sp³-hybridized carbons (Fsp3) is 0.250. The van der Waals surface area contributed by atoms with Crippen molar-refractivity contribution < 1.29 is 0 Å². The molecule has 28 heavy (non-hydrogen) atoms. The lowest BCUT2D eigenvalue weighted by Crippen LogP contribution is -2.16. The zero-order valence-corrected chi connectivity index (χ0v) is 18.6. The summed E-state index contributed by atoms with van der Waals surface area (Å²) in [5, 5.41) is 1.40. The van der Waals surface area contributed by atoms with Gasteiger partial charge in [0.05, 0.1) is 0 Å². The molecule has 3 aromatic carbocycles. The Labute approximate surface area is 182 Å². The Balaban J connectivity index is 1.71. The summed E-state index contributed by atoms with van der Waals surface area (Å²) in [5.41, 5.74) is 3.84. The lowest BCUT2D eigenvalue weighted by atomic mass is 9.88. The van der Waals surface area contributed by atoms with E-state index in [0.717, 1.165) is 29.3 Å². The molecule has 0 aromatic heterocycles. The van der Waals surface area contributed by atoms with E-state index >= 15 is 0 Å². The summed E-state index contributed by atoms with van der Waals surface area (Å²) in [7, 11) is 4.26. The van der Waals surface area contributed by atoms with E-state index in [2.05, 4.69) is 73.6 Å². The minimum atomic E-state index is 0.411. The number of thioether (sulfide) groups is 1. The van der Waals surface area contributed by atoms with Crippen molar-refractivity contribution in [3.05, 3.63) is 99.5 Å². The molecule has 0 bridgehead atoms. The normalized spacial score (nSPS) is 12.3. The number of hydrogen-bond donors (Lipinski definition) is 0. The van der Waals surface area contributed by atoms with Crippen molar-refractivity contribution in [2.24, 2.45) is 0 Å². The molecule has 0 spiro atoms. The van der Waals surface area contributed by atoms with Crippen molar-refractivity contribution in [2.45, 2.75) is 23.0 Å². The van der Waals surface area contributed by atoms with Gasteiger partial charge in [-0.1, -0.05) is 71.7 Å². The highest BCUT2D eigenvalue weighted by molar-refractivity contribution is 7.98. The van der Waals surface area contributed by atoms with Crippen molar-refractivity contribution in [1.82, 2.24) is 4.90 Å². The maximum atomic E-state index is 6.29. The summed E-state index contributed by atoms with van der Waals surface area (Å²) in [6, 6.07) is 25.4. The predicted octanol–water partition coefficient (Wildman–Crippen LogP) is 7.37. The fourth-order valence-electron chi connectivity index (χ4n) is 3.19. The number of hydrogen-bond acceptors (Lipinski definition) is 2. The highest BCUT2D eigenvalue weighted by Crippen LogP contribution is 2.32. The zero-order valence-electron chi connectivity index (χ0n) is 16.2. The molecule has 146 valence electrons. The Morgan fingerprint density at radius 3 is 2.18 bits per heavy atom. The summed E-state index contributed by atoms with van der Waals surface area (Å²) < 4.78 is 0. The minimum absolute atomic E-state index is 0.411. The Bertz CT molecular complexity index is 879. The van der Waals surface area contributed by atoms with Gasteiger partial charge in [0.15, 0.2) is 0 Å². The van der Waals surface area contributed by atoms with E-state index in [-0.39, 0.29) is 0 Å². The molecule has 0 saturated carbocycles. The van der Waals surface area contributed by atoms with Gasteiger partial charge in [0, 0.05) is 26.6 Å². The van der Waals surface area contributed by atoms with Gasteiger partial charge in [-0.15, -0.1) is 11.8 Å². The maximum absolute atomic E-state index is 6.29. The Morgan fingerprint density at radius 2 is 1.54 bits per heavy atom. The molecule has 0 heterocycles. The first kappa shape index (κ1) is 21.3. The van der Waals surface area contributed by atoms with Crippen molar-refractivity contribution in [1.29, 1.82) is 0 Å². The van der Waals surface area contributed by atoms with E-state index in [0.29, 0.717) is 10.9 Å². The van der Waals surface area contributed by atoms with Crippen LogP contribution in [0, 0.1) is 0 Å². The summed E-state index contributed by atoms with van der Waals surface area (Å²) in [6.45, 7) is 1.06. The first-order valence-electron chi connectivity index (χ1n) is 9.39. The molecule has 1 unspecified atom stereocenters. The minimum Gasteiger partial charge on any atom is -0.309 e. The third kappa shape index (κ3) is 6.02. The van der Waals surface area contributed by atoms with E-state index in [1.165, 1.54) is 16.0 Å². The lowest BCUT2D eigenvalue weighted by Gasteiger charge is -2.20. The van der Waals surface area contributed by atoms with Crippen molar-refractivity contribution >= 4 is 35.0 Å². The molecule has 3 rings (SSSR count). The van der Waals surface area contributed by atoms with Crippen LogP contribution in [0.1, 0.15) is 29.0 Å². The zero-order chi connectivity index (χ0) is 19.9. The van der Waals surface area contributed by atoms with Crippen LogP contribution in [-0.4, -0.2) is 25.5 Å². The van der Waals surface area contributed by atoms with Gasteiger partial charge in [0.1, 0.15) is 0 Å². The molecule has 0 radical (unpaired) electrons. The highest BCUT2D eigenvalue weighted by Gasteiger charge is 2.14. The van der Waals surface area contributed by atoms with Crippen LogP contribution >= 0.6 is 35.0 Å². The molecule has 0 saturated heterocycles. The summed E-state index contributed by atoms with van der Waals surface area (Å²) in [4.78, 5) is 3.49. The maximum Gasteiger partial charge on any atom is 0.0461 e. The summed E-state index contributed by atoms with van der Waals surface area (Å²) in [5.74, 6) is 1.24. The number of benzene rings is 3. The third-order valence-corrected chi connectivity index (χ3v) is 6.41. The van der Waals surface area contributed by atoms with Gasteiger partial charge in [0.2, 0.25) is 0 Å². The van der Waals surface area contributed by atoms with Crippen LogP contribution in [0.3, 0.4) is 0 Å². The molecular weight excluding hydrogens is 405 g/mol. The molecule has 0 N–H and O–H groups in total. The van der Waals surface area contributed by atoms with E-state index in [9.17, 15) is 0 Å². The van der Waals surface area contributed by atoms with Crippen LogP contribution in [-0.2, 0) is 5.75 Å². The second-order valence-corrected chi connectivity index (χ2v) is 9.04. The van der Waals surface area contributed by atoms with E-state index < -0.39 is 0 Å². The topological polar surface area (TPSA) is 3.24 Å². The van der Waals surface area contributed by atoms with Crippen LogP contribution in [0.4, 0.5) is 0 Å². The van der Waals surface area contributed by atoms with Gasteiger partial charge in [-0.3, -0.25) is 0 Å². The molecule has 0 aliphatic carbocycles. The molecule has 1 nitrogen and oxygen atoms in total. The van der Waals surface area contributed by atoms with E-state index in [1.54, 1.807) is 17.8 Å². The number of nitrogens with zero attached hydrogens (tertiary/aromatic N) is 1. The van der Waals surface area contributed by atoms with Crippen LogP contribution < -0.4 is 0 Å². The van der Waals surface area contributed by atoms with E-state index in [1.807, 2.05) is 12.1 Å². The second-order valence-electron chi connectivity index (χ2n) is 7.15. The van der Waals surface area contributed by atoms with Crippen LogP contribution in [0.2, 0.25) is 10.0 Å². The van der Waals surface area contributed by atoms with Crippen LogP contribution in [0.25, 0.3) is 0 Å². The van der Waals surface area contributed by atoms with Crippen LogP contribution in [0.5, 0.6) is 0 Å². The molecule has 3 aromatic rings. The first-order valence-corrected chi connectivity index (χ1v) is 11.1. The number of rotatable bonds is 8. The fourth-order valence-corrected chi connectivity index (χ4v) is 4.65. The second kappa shape index (κ2) is 10.4. The predicted molar refractivity (Wildman–Crippen MR) is 124 cm³/mol. The first-order chi connectivity index (χ1) is 13.5. The Morgan fingerprint density at radius 1 is 0.857 bits per heavy atom. The molecule has 1 atom stereocenters. The largest absolute Gasteiger partial charge is 0.309 e. The van der Waals surface area contributed by atoms with Gasteiger partial charge in [-0.25, -0.2) is 0 Å². The number of halogens is 2. The lowest BCUT2D eigenvalue weighted by molar-refractivity contribution is 0.390. The quantitative estimate of drug-likeness (QED) is 0.343. The molecule has 0 amide bonds. The summed E-state index contributed by atoms with van der Waals surface area (Å²) in [6.07, 6.45) is 1.10. The Kier molecular flexibility index (Phi) is 7.87. The average Bonchev–Trinajstić information content (AvgIpc) is 2.69. The van der Waals surface area contributed by atoms with Gasteiger partial charge in [0.25, 0.3) is 0 Å². The van der Waals surface area contributed by atoms with Gasteiger partial charge >= 0.3 is 0 Å². The SMILES string of the molecule is CN(C)CCC(c1ccccc1)c1ccc(SCc2ccc(Cl)cc2Cl)cc1. The van der Waals surface area contributed by atoms with Crippen molar-refractivity contribution in [3.63, 3.8) is 0 Å². The average molecular weight is 430 g/mol. The van der Waals surface area contributed by atoms with Gasteiger partial charge in [-0.05, 0) is 68.0 Å². The van der Waals surface area contributed by atoms with Gasteiger partial charge in [-0.2, -0.15) is 0 Å². The standard InChI is InChI=1S/C24H25Cl2NS/c1-27(2)15-14-23(18-6-4-3-5-7-18)19-9-12-22(13-10-19)28-17-20-8-11-21(25)16-24(20)26/h3-13,16,23H,14-15,17H2,1-2H3. The van der Waals surface area contributed by atoms with Crippen molar-refractivity contribution in [3.8, 4) is 0 Å². The molecular formula is C24H25Cl2NS.